The van der Waals surface area contributed by atoms with Gasteiger partial charge in [0.2, 0.25) is 0 Å². The highest BCUT2D eigenvalue weighted by Gasteiger charge is 2.25. The molecular weight excluding hydrogens is 300 g/mol. The second kappa shape index (κ2) is 7.43. The van der Waals surface area contributed by atoms with E-state index in [9.17, 15) is 4.79 Å². The van der Waals surface area contributed by atoms with E-state index in [1.807, 2.05) is 20.3 Å². The number of aromatic nitrogens is 2. The van der Waals surface area contributed by atoms with Crippen molar-refractivity contribution in [3.63, 3.8) is 0 Å². The van der Waals surface area contributed by atoms with E-state index in [1.165, 1.54) is 11.3 Å². The van der Waals surface area contributed by atoms with E-state index in [1.54, 1.807) is 6.33 Å². The Hall–Kier alpha value is -2.43. The van der Waals surface area contributed by atoms with E-state index < -0.39 is 0 Å². The third-order valence-electron chi connectivity index (χ3n) is 4.51. The van der Waals surface area contributed by atoms with E-state index in [0.717, 1.165) is 24.2 Å². The maximum Gasteiger partial charge on any atom is 0.139 e. The minimum atomic E-state index is 0.258. The zero-order valence-corrected chi connectivity index (χ0v) is 14.3. The number of anilines is 1. The summed E-state index contributed by atoms with van der Waals surface area (Å²) in [7, 11) is 4.06. The van der Waals surface area contributed by atoms with Gasteiger partial charge in [0.1, 0.15) is 5.78 Å². The molecule has 0 amide bonds. The van der Waals surface area contributed by atoms with E-state index >= 15 is 0 Å². The maximum absolute atomic E-state index is 12.1. The Labute approximate surface area is 142 Å². The van der Waals surface area contributed by atoms with Crippen molar-refractivity contribution in [1.82, 2.24) is 9.97 Å². The minimum absolute atomic E-state index is 0.258. The van der Waals surface area contributed by atoms with E-state index in [4.69, 9.17) is 0 Å². The fourth-order valence-corrected chi connectivity index (χ4v) is 3.16. The Morgan fingerprint density at radius 3 is 2.71 bits per heavy atom. The van der Waals surface area contributed by atoms with Crippen LogP contribution in [-0.4, -0.2) is 42.1 Å². The first-order chi connectivity index (χ1) is 11.6. The monoisotopic (exact) mass is 324 g/mol. The Morgan fingerprint density at radius 2 is 2.04 bits per heavy atom. The number of hydrogen-bond acceptors (Lipinski definition) is 4. The van der Waals surface area contributed by atoms with Gasteiger partial charge in [-0.1, -0.05) is 12.1 Å². The molecule has 1 aromatic heterocycles. The van der Waals surface area contributed by atoms with Gasteiger partial charge in [-0.2, -0.15) is 0 Å². The zero-order chi connectivity index (χ0) is 16.9. The first-order valence-electron chi connectivity index (χ1n) is 8.40. The Balaban J connectivity index is 1.65. The molecule has 0 spiro atoms. The number of aliphatic imine (C=N–C) groups is 1. The first kappa shape index (κ1) is 16.4. The number of carbonyl (C=O) groups is 1. The molecule has 0 radical (unpaired) electrons. The lowest BCUT2D eigenvalue weighted by atomic mass is 9.82. The van der Waals surface area contributed by atoms with Crippen molar-refractivity contribution in [3.05, 3.63) is 48.0 Å². The molecule has 5 heteroatoms. The van der Waals surface area contributed by atoms with Gasteiger partial charge in [0.05, 0.1) is 6.33 Å². The molecule has 0 saturated heterocycles. The van der Waals surface area contributed by atoms with Crippen LogP contribution in [0.4, 0.5) is 5.69 Å². The van der Waals surface area contributed by atoms with Gasteiger partial charge in [0, 0.05) is 63.2 Å². The van der Waals surface area contributed by atoms with Crippen LogP contribution in [-0.2, 0) is 11.2 Å². The summed E-state index contributed by atoms with van der Waals surface area (Å²) in [5.74, 6) is 0.552. The summed E-state index contributed by atoms with van der Waals surface area (Å²) in [5, 5.41) is 0. The number of hydrogen-bond donors (Lipinski definition) is 1. The third kappa shape index (κ3) is 4.10. The van der Waals surface area contributed by atoms with Gasteiger partial charge in [0.15, 0.2) is 0 Å². The Morgan fingerprint density at radius 1 is 1.25 bits per heavy atom. The number of carbonyl (C=O) groups excluding carboxylic acids is 1. The molecule has 1 atom stereocenters. The summed E-state index contributed by atoms with van der Waals surface area (Å²) in [4.78, 5) is 26.0. The van der Waals surface area contributed by atoms with Crippen LogP contribution in [0.2, 0.25) is 0 Å². The van der Waals surface area contributed by atoms with E-state index in [2.05, 4.69) is 44.1 Å². The van der Waals surface area contributed by atoms with Crippen molar-refractivity contribution in [2.45, 2.75) is 31.6 Å². The molecule has 24 heavy (non-hydrogen) atoms. The number of imidazole rings is 1. The third-order valence-corrected chi connectivity index (χ3v) is 4.51. The van der Waals surface area contributed by atoms with Gasteiger partial charge in [-0.3, -0.25) is 9.79 Å². The van der Waals surface area contributed by atoms with Crippen molar-refractivity contribution in [2.24, 2.45) is 4.99 Å². The van der Waals surface area contributed by atoms with Crippen LogP contribution in [0.5, 0.6) is 0 Å². The predicted octanol–water partition coefficient (Wildman–Crippen LogP) is 3.00. The molecule has 126 valence electrons. The summed E-state index contributed by atoms with van der Waals surface area (Å²) in [6.07, 6.45) is 6.35. The largest absolute Gasteiger partial charge is 0.378 e. The van der Waals surface area contributed by atoms with Crippen LogP contribution >= 0.6 is 0 Å². The van der Waals surface area contributed by atoms with Gasteiger partial charge in [-0.15, -0.1) is 0 Å². The number of ketones is 1. The molecule has 0 unspecified atom stereocenters. The SMILES string of the molecule is CN(C)c1ccc([C@H]2CC(=O)CC(=NCCc3cnc[nH]3)C2)cc1. The Bertz CT molecular complexity index is 701. The lowest BCUT2D eigenvalue weighted by Gasteiger charge is -2.23. The number of rotatable bonds is 5. The molecule has 1 N–H and O–H groups in total. The van der Waals surface area contributed by atoms with Crippen LogP contribution in [0.3, 0.4) is 0 Å². The summed E-state index contributed by atoms with van der Waals surface area (Å²) in [6, 6.07) is 8.51. The summed E-state index contributed by atoms with van der Waals surface area (Å²) in [6.45, 7) is 0.705. The molecular formula is C19H24N4O. The predicted molar refractivity (Wildman–Crippen MR) is 97.0 cm³/mol. The van der Waals surface area contributed by atoms with Gasteiger partial charge >= 0.3 is 0 Å². The van der Waals surface area contributed by atoms with Crippen molar-refractivity contribution in [2.75, 3.05) is 25.5 Å². The van der Waals surface area contributed by atoms with Gasteiger partial charge in [0.25, 0.3) is 0 Å². The molecule has 2 aromatic rings. The molecule has 1 fully saturated rings. The number of nitrogens with one attached hydrogen (secondary N) is 1. The summed E-state index contributed by atoms with van der Waals surface area (Å²) >= 11 is 0. The average Bonchev–Trinajstić information content (AvgIpc) is 3.08. The molecule has 1 heterocycles. The normalized spacial score (nSPS) is 19.7. The van der Waals surface area contributed by atoms with Gasteiger partial charge in [-0.25, -0.2) is 4.98 Å². The fraction of sp³-hybridized carbons (Fsp3) is 0.421. The first-order valence-corrected chi connectivity index (χ1v) is 8.40. The maximum atomic E-state index is 12.1. The van der Waals surface area contributed by atoms with Gasteiger partial charge < -0.3 is 9.88 Å². The molecule has 0 bridgehead atoms. The second-order valence-electron chi connectivity index (χ2n) is 6.58. The highest BCUT2D eigenvalue weighted by molar-refractivity contribution is 6.05. The molecule has 5 nitrogen and oxygen atoms in total. The standard InChI is InChI=1S/C19H24N4O/c1-23(2)18-5-3-14(4-6-18)15-9-17(11-19(24)10-15)21-8-7-16-12-20-13-22-16/h3-6,12-13,15H,7-11H2,1-2H3,(H,20,22)/t15-/m1/s1. The number of benzene rings is 1. The van der Waals surface area contributed by atoms with Crippen molar-refractivity contribution in [3.8, 4) is 0 Å². The lowest BCUT2D eigenvalue weighted by Crippen LogP contribution is -2.22. The number of Topliss-reactive ketones (excluding diaryl/α,β-unsaturated/α-hetero) is 1. The molecule has 3 rings (SSSR count). The minimum Gasteiger partial charge on any atom is -0.378 e. The summed E-state index contributed by atoms with van der Waals surface area (Å²) in [5.41, 5.74) is 4.52. The number of aromatic amines is 1. The van der Waals surface area contributed by atoms with Gasteiger partial charge in [-0.05, 0) is 30.0 Å². The molecule has 1 aromatic carbocycles. The topological polar surface area (TPSA) is 61.4 Å². The smallest absolute Gasteiger partial charge is 0.139 e. The average molecular weight is 324 g/mol. The van der Waals surface area contributed by atoms with Crippen LogP contribution < -0.4 is 4.90 Å². The number of H-pyrrole nitrogens is 1. The van der Waals surface area contributed by atoms with Crippen molar-refractivity contribution >= 4 is 17.2 Å². The lowest BCUT2D eigenvalue weighted by molar-refractivity contribution is -0.118. The van der Waals surface area contributed by atoms with Crippen LogP contribution in [0, 0.1) is 0 Å². The number of nitrogens with zero attached hydrogens (tertiary/aromatic N) is 3. The fourth-order valence-electron chi connectivity index (χ4n) is 3.16. The Kier molecular flexibility index (Phi) is 5.08. The molecule has 1 aliphatic carbocycles. The van der Waals surface area contributed by atoms with E-state index in [0.29, 0.717) is 25.2 Å². The van der Waals surface area contributed by atoms with Crippen molar-refractivity contribution in [1.29, 1.82) is 0 Å². The highest BCUT2D eigenvalue weighted by Crippen LogP contribution is 2.30. The van der Waals surface area contributed by atoms with E-state index in [-0.39, 0.29) is 5.92 Å². The van der Waals surface area contributed by atoms with Crippen LogP contribution in [0.15, 0.2) is 41.8 Å². The van der Waals surface area contributed by atoms with Crippen molar-refractivity contribution < 1.29 is 4.79 Å². The second-order valence-corrected chi connectivity index (χ2v) is 6.58. The molecule has 1 aliphatic rings. The van der Waals surface area contributed by atoms with Crippen LogP contribution in [0.25, 0.3) is 0 Å². The highest BCUT2D eigenvalue weighted by atomic mass is 16.1. The quantitative estimate of drug-likeness (QED) is 0.919. The molecule has 0 aliphatic heterocycles. The molecule has 1 saturated carbocycles. The van der Waals surface area contributed by atoms with Crippen LogP contribution in [0.1, 0.15) is 36.4 Å². The zero-order valence-electron chi connectivity index (χ0n) is 14.3. The summed E-state index contributed by atoms with van der Waals surface area (Å²) < 4.78 is 0.